The summed E-state index contributed by atoms with van der Waals surface area (Å²) in [5, 5.41) is 2.56. The monoisotopic (exact) mass is 198 g/mol. The van der Waals surface area contributed by atoms with E-state index in [0.29, 0.717) is 11.4 Å². The Morgan fingerprint density at radius 3 is 2.92 bits per heavy atom. The minimum absolute atomic E-state index is 0.378. The third-order valence-corrected chi connectivity index (χ3v) is 1.63. The summed E-state index contributed by atoms with van der Waals surface area (Å²) in [6.45, 7) is 0. The first-order valence-electron chi connectivity index (χ1n) is 3.61. The highest BCUT2D eigenvalue weighted by Gasteiger charge is 1.99. The van der Waals surface area contributed by atoms with Gasteiger partial charge in [0.2, 0.25) is 0 Å². The summed E-state index contributed by atoms with van der Waals surface area (Å²) < 4.78 is 7.13. The molecule has 2 amide bonds. The van der Waals surface area contributed by atoms with Crippen molar-refractivity contribution in [1.29, 1.82) is 0 Å². The van der Waals surface area contributed by atoms with E-state index in [0.717, 1.165) is 0 Å². The molecule has 1 aromatic rings. The summed E-state index contributed by atoms with van der Waals surface area (Å²) in [6.07, 6.45) is 0. The lowest BCUT2D eigenvalue weighted by Gasteiger charge is -2.05. The number of thiol groups is 1. The zero-order valence-corrected chi connectivity index (χ0v) is 7.97. The van der Waals surface area contributed by atoms with E-state index in [1.54, 1.807) is 31.4 Å². The van der Waals surface area contributed by atoms with Gasteiger partial charge in [-0.15, -0.1) is 0 Å². The summed E-state index contributed by atoms with van der Waals surface area (Å²) >= 11 is 3.60. The first kappa shape index (κ1) is 9.73. The molecule has 0 aliphatic heterocycles. The van der Waals surface area contributed by atoms with Crippen LogP contribution in [0.5, 0.6) is 5.75 Å². The summed E-state index contributed by atoms with van der Waals surface area (Å²) in [5.41, 5.74) is 0.658. The van der Waals surface area contributed by atoms with Gasteiger partial charge in [-0.25, -0.2) is 4.79 Å². The molecule has 0 saturated carbocycles. The van der Waals surface area contributed by atoms with Gasteiger partial charge in [0.1, 0.15) is 5.75 Å². The quantitative estimate of drug-likeness (QED) is 0.633. The Morgan fingerprint density at radius 1 is 1.54 bits per heavy atom. The van der Waals surface area contributed by atoms with Crippen molar-refractivity contribution in [2.75, 3.05) is 12.4 Å². The number of carbonyl (C=O) groups excluding carboxylic acids is 1. The molecule has 5 heteroatoms. The van der Waals surface area contributed by atoms with Crippen LogP contribution in [0.15, 0.2) is 24.3 Å². The predicted molar refractivity (Wildman–Crippen MR) is 54.1 cm³/mol. The first-order valence-corrected chi connectivity index (χ1v) is 4.06. The molecule has 70 valence electrons. The number of urea groups is 1. The largest absolute Gasteiger partial charge is 0.497 e. The number of amides is 2. The van der Waals surface area contributed by atoms with Crippen LogP contribution < -0.4 is 14.8 Å². The number of anilines is 1. The van der Waals surface area contributed by atoms with Gasteiger partial charge in [0.15, 0.2) is 0 Å². The fourth-order valence-corrected chi connectivity index (χ4v) is 0.916. The second-order valence-electron chi connectivity index (χ2n) is 2.30. The minimum atomic E-state index is -0.378. The molecule has 0 atom stereocenters. The van der Waals surface area contributed by atoms with E-state index in [2.05, 4.69) is 22.9 Å². The van der Waals surface area contributed by atoms with E-state index in [1.807, 2.05) is 0 Å². The zero-order chi connectivity index (χ0) is 9.68. The lowest BCUT2D eigenvalue weighted by molar-refractivity contribution is 0.257. The van der Waals surface area contributed by atoms with Gasteiger partial charge in [0.25, 0.3) is 0 Å². The van der Waals surface area contributed by atoms with E-state index in [1.165, 1.54) is 0 Å². The van der Waals surface area contributed by atoms with Crippen molar-refractivity contribution in [3.63, 3.8) is 0 Å². The Labute approximate surface area is 81.8 Å². The number of benzene rings is 1. The molecule has 0 aromatic heterocycles. The molecule has 0 heterocycles. The Balaban J connectivity index is 2.71. The molecule has 1 rings (SSSR count). The van der Waals surface area contributed by atoms with Crippen LogP contribution in [0.2, 0.25) is 0 Å². The Bertz CT molecular complexity index is 304. The van der Waals surface area contributed by atoms with Crippen LogP contribution in [0, 0.1) is 0 Å². The molecule has 0 bridgehead atoms. The Hall–Kier alpha value is -1.36. The minimum Gasteiger partial charge on any atom is -0.497 e. The third-order valence-electron chi connectivity index (χ3n) is 1.43. The molecule has 0 aliphatic rings. The van der Waals surface area contributed by atoms with Crippen LogP contribution in [-0.4, -0.2) is 13.1 Å². The highest BCUT2D eigenvalue weighted by atomic mass is 32.1. The average molecular weight is 198 g/mol. The van der Waals surface area contributed by atoms with Crippen LogP contribution in [-0.2, 0) is 0 Å². The number of ether oxygens (including phenoxy) is 1. The number of rotatable bonds is 2. The second kappa shape index (κ2) is 4.61. The van der Waals surface area contributed by atoms with Gasteiger partial charge in [0.05, 0.1) is 7.11 Å². The van der Waals surface area contributed by atoms with Crippen molar-refractivity contribution in [2.24, 2.45) is 0 Å². The fourth-order valence-electron chi connectivity index (χ4n) is 0.860. The first-order chi connectivity index (χ1) is 6.26. The van der Waals surface area contributed by atoms with Crippen molar-refractivity contribution in [1.82, 2.24) is 4.72 Å². The molecule has 1 aromatic carbocycles. The summed E-state index contributed by atoms with van der Waals surface area (Å²) in [4.78, 5) is 10.8. The van der Waals surface area contributed by atoms with Crippen LogP contribution in [0.3, 0.4) is 0 Å². The summed E-state index contributed by atoms with van der Waals surface area (Å²) in [7, 11) is 1.57. The topological polar surface area (TPSA) is 50.4 Å². The average Bonchev–Trinajstić information content (AvgIpc) is 2.18. The molecular weight excluding hydrogens is 188 g/mol. The number of hydrogen-bond donors (Lipinski definition) is 3. The zero-order valence-electron chi connectivity index (χ0n) is 7.07. The molecule has 0 radical (unpaired) electrons. The van der Waals surface area contributed by atoms with Crippen LogP contribution >= 0.6 is 12.8 Å². The Kier molecular flexibility index (Phi) is 3.45. The van der Waals surface area contributed by atoms with Gasteiger partial charge >= 0.3 is 6.03 Å². The van der Waals surface area contributed by atoms with Crippen molar-refractivity contribution in [2.45, 2.75) is 0 Å². The number of hydrogen-bond acceptors (Lipinski definition) is 3. The van der Waals surface area contributed by atoms with Gasteiger partial charge in [-0.05, 0) is 12.1 Å². The molecular formula is C8H10N2O2S. The molecule has 13 heavy (non-hydrogen) atoms. The maximum Gasteiger partial charge on any atom is 0.329 e. The molecule has 0 fully saturated rings. The summed E-state index contributed by atoms with van der Waals surface area (Å²) in [6, 6.07) is 6.67. The van der Waals surface area contributed by atoms with Gasteiger partial charge in [-0.1, -0.05) is 18.9 Å². The molecule has 0 unspecified atom stereocenters. The van der Waals surface area contributed by atoms with Crippen molar-refractivity contribution in [3.8, 4) is 5.75 Å². The maximum atomic E-state index is 10.8. The third kappa shape index (κ3) is 2.87. The van der Waals surface area contributed by atoms with Crippen molar-refractivity contribution < 1.29 is 9.53 Å². The van der Waals surface area contributed by atoms with E-state index in [9.17, 15) is 4.79 Å². The van der Waals surface area contributed by atoms with Crippen molar-refractivity contribution >= 4 is 24.5 Å². The normalized spacial score (nSPS) is 9.08. The lowest BCUT2D eigenvalue weighted by atomic mass is 10.3. The van der Waals surface area contributed by atoms with Gasteiger partial charge in [-0.2, -0.15) is 0 Å². The van der Waals surface area contributed by atoms with Gasteiger partial charge in [0, 0.05) is 11.8 Å². The van der Waals surface area contributed by atoms with E-state index < -0.39 is 0 Å². The SMILES string of the molecule is COc1cccc(NC(=O)NS)c1. The van der Waals surface area contributed by atoms with Gasteiger partial charge in [-0.3, -0.25) is 4.72 Å². The maximum absolute atomic E-state index is 10.8. The van der Waals surface area contributed by atoms with Crippen LogP contribution in [0.4, 0.5) is 10.5 Å². The predicted octanol–water partition coefficient (Wildman–Crippen LogP) is 1.66. The summed E-state index contributed by atoms with van der Waals surface area (Å²) in [5.74, 6) is 0.692. The highest BCUT2D eigenvalue weighted by Crippen LogP contribution is 2.16. The van der Waals surface area contributed by atoms with Crippen molar-refractivity contribution in [3.05, 3.63) is 24.3 Å². The molecule has 2 N–H and O–H groups in total. The van der Waals surface area contributed by atoms with Gasteiger partial charge < -0.3 is 10.1 Å². The number of carbonyl (C=O) groups is 1. The van der Waals surface area contributed by atoms with Crippen LogP contribution in [0.1, 0.15) is 0 Å². The smallest absolute Gasteiger partial charge is 0.329 e. The van der Waals surface area contributed by atoms with E-state index in [-0.39, 0.29) is 6.03 Å². The second-order valence-corrected chi connectivity index (χ2v) is 2.52. The van der Waals surface area contributed by atoms with E-state index in [4.69, 9.17) is 4.74 Å². The Morgan fingerprint density at radius 2 is 2.31 bits per heavy atom. The molecule has 4 nitrogen and oxygen atoms in total. The number of methoxy groups -OCH3 is 1. The molecule has 0 spiro atoms. The highest BCUT2D eigenvalue weighted by molar-refractivity contribution is 7.78. The number of nitrogens with one attached hydrogen (secondary N) is 2. The molecule has 0 saturated heterocycles. The fraction of sp³-hybridized carbons (Fsp3) is 0.125. The lowest BCUT2D eigenvalue weighted by Crippen LogP contribution is -2.20. The van der Waals surface area contributed by atoms with Crippen LogP contribution in [0.25, 0.3) is 0 Å². The standard InChI is InChI=1S/C8H10N2O2S/c1-12-7-4-2-3-6(5-7)9-8(11)10-13/h2-5,13H,1H3,(H2,9,10,11). The van der Waals surface area contributed by atoms with E-state index >= 15 is 0 Å². The molecule has 0 aliphatic carbocycles.